The first kappa shape index (κ1) is 11.9. The Morgan fingerprint density at radius 3 is 2.35 bits per heavy atom. The van der Waals surface area contributed by atoms with E-state index in [0.29, 0.717) is 0 Å². The Bertz CT molecular complexity index is 355. The molecule has 0 aliphatic carbocycles. The van der Waals surface area contributed by atoms with Gasteiger partial charge in [-0.2, -0.15) is 0 Å². The van der Waals surface area contributed by atoms with Crippen LogP contribution in [0.4, 0.5) is 5.69 Å². The van der Waals surface area contributed by atoms with Gasteiger partial charge < -0.3 is 10.6 Å². The molecule has 1 saturated heterocycles. The van der Waals surface area contributed by atoms with Gasteiger partial charge in [-0.05, 0) is 24.1 Å². The largest absolute Gasteiger partial charge is 0.399 e. The number of carbonyl (C=O) groups is 1. The molecule has 0 saturated carbocycles. The lowest BCUT2D eigenvalue weighted by molar-refractivity contribution is -0.119. The lowest BCUT2D eigenvalue weighted by Gasteiger charge is -2.32. The molecule has 1 fully saturated rings. The Morgan fingerprint density at radius 1 is 1.12 bits per heavy atom. The van der Waals surface area contributed by atoms with Crippen molar-refractivity contribution < 1.29 is 4.79 Å². The first-order chi connectivity index (χ1) is 8.28. The van der Waals surface area contributed by atoms with Crippen LogP contribution in [0, 0.1) is 0 Å². The van der Waals surface area contributed by atoms with E-state index in [0.717, 1.165) is 51.2 Å². The van der Waals surface area contributed by atoms with Crippen LogP contribution in [0.5, 0.6) is 0 Å². The van der Waals surface area contributed by atoms with Crippen LogP contribution in [0.1, 0.15) is 5.56 Å². The van der Waals surface area contributed by atoms with E-state index in [9.17, 15) is 4.79 Å². The van der Waals surface area contributed by atoms with Crippen molar-refractivity contribution in [3.63, 3.8) is 0 Å². The molecule has 2 rings (SSSR count). The number of hydrogen-bond acceptors (Lipinski definition) is 3. The summed E-state index contributed by atoms with van der Waals surface area (Å²) >= 11 is 0. The highest BCUT2D eigenvalue weighted by Gasteiger charge is 2.14. The average Bonchev–Trinajstić information content (AvgIpc) is 2.39. The normalized spacial score (nSPS) is 17.1. The maximum absolute atomic E-state index is 10.6. The van der Waals surface area contributed by atoms with Gasteiger partial charge in [-0.25, -0.2) is 0 Å². The average molecular weight is 233 g/mol. The number of benzene rings is 1. The summed E-state index contributed by atoms with van der Waals surface area (Å²) in [6.07, 6.45) is 1.98. The molecule has 0 unspecified atom stereocenters. The zero-order chi connectivity index (χ0) is 12.1. The molecule has 4 heteroatoms. The monoisotopic (exact) mass is 233 g/mol. The van der Waals surface area contributed by atoms with Gasteiger partial charge in [-0.15, -0.1) is 0 Å². The SMILES string of the molecule is Nc1ccc(CCN2CCN(C=O)CC2)cc1. The van der Waals surface area contributed by atoms with Crippen molar-refractivity contribution in [2.24, 2.45) is 0 Å². The van der Waals surface area contributed by atoms with Gasteiger partial charge in [0.05, 0.1) is 0 Å². The van der Waals surface area contributed by atoms with E-state index in [4.69, 9.17) is 5.73 Å². The molecule has 17 heavy (non-hydrogen) atoms. The van der Waals surface area contributed by atoms with Crippen molar-refractivity contribution >= 4 is 12.1 Å². The summed E-state index contributed by atoms with van der Waals surface area (Å²) in [6, 6.07) is 8.05. The predicted octanol–water partition coefficient (Wildman–Crippen LogP) is 0.585. The highest BCUT2D eigenvalue weighted by molar-refractivity contribution is 5.47. The molecule has 1 amide bonds. The van der Waals surface area contributed by atoms with E-state index in [1.54, 1.807) is 0 Å². The molecule has 1 aliphatic rings. The van der Waals surface area contributed by atoms with Crippen molar-refractivity contribution in [2.75, 3.05) is 38.5 Å². The molecule has 0 bridgehead atoms. The molecule has 1 heterocycles. The third-order valence-electron chi connectivity index (χ3n) is 3.25. The number of nitrogens with zero attached hydrogens (tertiary/aromatic N) is 2. The minimum absolute atomic E-state index is 0.813. The van der Waals surface area contributed by atoms with Crippen LogP contribution < -0.4 is 5.73 Å². The van der Waals surface area contributed by atoms with Crippen LogP contribution >= 0.6 is 0 Å². The van der Waals surface area contributed by atoms with Gasteiger partial charge in [0, 0.05) is 38.4 Å². The fourth-order valence-corrected chi connectivity index (χ4v) is 2.06. The van der Waals surface area contributed by atoms with Gasteiger partial charge in [0.15, 0.2) is 0 Å². The summed E-state index contributed by atoms with van der Waals surface area (Å²) in [7, 11) is 0. The van der Waals surface area contributed by atoms with E-state index in [-0.39, 0.29) is 0 Å². The topological polar surface area (TPSA) is 49.6 Å². The lowest BCUT2D eigenvalue weighted by Crippen LogP contribution is -2.46. The first-order valence-corrected chi connectivity index (χ1v) is 6.04. The Morgan fingerprint density at radius 2 is 1.76 bits per heavy atom. The summed E-state index contributed by atoms with van der Waals surface area (Å²) in [5.41, 5.74) is 7.78. The molecule has 2 N–H and O–H groups in total. The second-order valence-electron chi connectivity index (χ2n) is 4.47. The van der Waals surface area contributed by atoms with Crippen LogP contribution in [0.15, 0.2) is 24.3 Å². The van der Waals surface area contributed by atoms with E-state index < -0.39 is 0 Å². The van der Waals surface area contributed by atoms with Crippen LogP contribution in [0.25, 0.3) is 0 Å². The van der Waals surface area contributed by atoms with Crippen molar-refractivity contribution in [3.05, 3.63) is 29.8 Å². The van der Waals surface area contributed by atoms with E-state index in [1.807, 2.05) is 17.0 Å². The highest BCUT2D eigenvalue weighted by Crippen LogP contribution is 2.08. The van der Waals surface area contributed by atoms with Crippen LogP contribution in [-0.2, 0) is 11.2 Å². The number of amides is 1. The predicted molar refractivity (Wildman–Crippen MR) is 68.6 cm³/mol. The molecular weight excluding hydrogens is 214 g/mol. The molecule has 0 spiro atoms. The number of hydrogen-bond donors (Lipinski definition) is 1. The molecular formula is C13H19N3O. The van der Waals surface area contributed by atoms with Crippen molar-refractivity contribution in [1.29, 1.82) is 0 Å². The minimum Gasteiger partial charge on any atom is -0.399 e. The molecule has 0 radical (unpaired) electrons. The summed E-state index contributed by atoms with van der Waals surface area (Å²) in [5.74, 6) is 0. The van der Waals surface area contributed by atoms with Crippen LogP contribution in [0.3, 0.4) is 0 Å². The smallest absolute Gasteiger partial charge is 0.209 e. The third-order valence-corrected chi connectivity index (χ3v) is 3.25. The van der Waals surface area contributed by atoms with Gasteiger partial charge in [0.2, 0.25) is 6.41 Å². The number of nitrogens with two attached hydrogens (primary N) is 1. The van der Waals surface area contributed by atoms with Gasteiger partial charge in [0.25, 0.3) is 0 Å². The number of nitrogen functional groups attached to an aromatic ring is 1. The van der Waals surface area contributed by atoms with Gasteiger partial charge in [-0.3, -0.25) is 9.69 Å². The third kappa shape index (κ3) is 3.46. The summed E-state index contributed by atoms with van der Waals surface area (Å²) < 4.78 is 0. The standard InChI is InChI=1S/C13H19N3O/c14-13-3-1-12(2-4-13)5-6-15-7-9-16(11-17)10-8-15/h1-4,11H,5-10,14H2. The Kier molecular flexibility index (Phi) is 3.98. The highest BCUT2D eigenvalue weighted by atomic mass is 16.1. The maximum Gasteiger partial charge on any atom is 0.209 e. The van der Waals surface area contributed by atoms with Gasteiger partial charge in [-0.1, -0.05) is 12.1 Å². The zero-order valence-electron chi connectivity index (χ0n) is 10.0. The van der Waals surface area contributed by atoms with E-state index in [1.165, 1.54) is 5.56 Å². The molecule has 0 aromatic heterocycles. The summed E-state index contributed by atoms with van der Waals surface area (Å²) in [6.45, 7) is 4.72. The molecule has 92 valence electrons. The van der Waals surface area contributed by atoms with Crippen molar-refractivity contribution in [3.8, 4) is 0 Å². The number of rotatable bonds is 4. The Hall–Kier alpha value is -1.55. The lowest BCUT2D eigenvalue weighted by atomic mass is 10.1. The number of anilines is 1. The zero-order valence-corrected chi connectivity index (χ0v) is 10.0. The van der Waals surface area contributed by atoms with Gasteiger partial charge in [0.1, 0.15) is 0 Å². The van der Waals surface area contributed by atoms with E-state index >= 15 is 0 Å². The summed E-state index contributed by atoms with van der Waals surface area (Å²) in [5, 5.41) is 0. The molecule has 1 aromatic carbocycles. The van der Waals surface area contributed by atoms with Crippen LogP contribution in [-0.4, -0.2) is 48.9 Å². The second kappa shape index (κ2) is 5.68. The molecule has 1 aromatic rings. The van der Waals surface area contributed by atoms with Gasteiger partial charge >= 0.3 is 0 Å². The molecule has 1 aliphatic heterocycles. The maximum atomic E-state index is 10.6. The quantitative estimate of drug-likeness (QED) is 0.611. The number of carbonyl (C=O) groups excluding carboxylic acids is 1. The minimum atomic E-state index is 0.813. The Labute approximate surface area is 102 Å². The van der Waals surface area contributed by atoms with Crippen LogP contribution in [0.2, 0.25) is 0 Å². The molecule has 0 atom stereocenters. The number of piperazine rings is 1. The first-order valence-electron chi connectivity index (χ1n) is 6.04. The van der Waals surface area contributed by atoms with Crippen molar-refractivity contribution in [2.45, 2.75) is 6.42 Å². The van der Waals surface area contributed by atoms with Crippen molar-refractivity contribution in [1.82, 2.24) is 9.80 Å². The van der Waals surface area contributed by atoms with E-state index in [2.05, 4.69) is 17.0 Å². The molecule has 4 nitrogen and oxygen atoms in total. The summed E-state index contributed by atoms with van der Waals surface area (Å²) in [4.78, 5) is 14.8. The fraction of sp³-hybridized carbons (Fsp3) is 0.462. The fourth-order valence-electron chi connectivity index (χ4n) is 2.06. The Balaban J connectivity index is 1.75. The second-order valence-corrected chi connectivity index (χ2v) is 4.47.